The van der Waals surface area contributed by atoms with Crippen molar-refractivity contribution < 1.29 is 14.0 Å². The Morgan fingerprint density at radius 1 is 1.03 bits per heavy atom. The van der Waals surface area contributed by atoms with Gasteiger partial charge in [-0.15, -0.1) is 0 Å². The third kappa shape index (κ3) is 3.80. The fraction of sp³-hybridized carbons (Fsp3) is 0.214. The third-order valence-electron chi connectivity index (χ3n) is 6.60. The van der Waals surface area contributed by atoms with E-state index in [9.17, 15) is 9.59 Å². The van der Waals surface area contributed by atoms with Gasteiger partial charge in [-0.25, -0.2) is 4.39 Å². The van der Waals surface area contributed by atoms with Gasteiger partial charge in [-0.3, -0.25) is 14.5 Å². The second-order valence-corrected chi connectivity index (χ2v) is 9.04. The lowest BCUT2D eigenvalue weighted by Gasteiger charge is -2.35. The van der Waals surface area contributed by atoms with Crippen LogP contribution in [0.5, 0.6) is 0 Å². The Morgan fingerprint density at radius 2 is 1.76 bits per heavy atom. The molecule has 2 unspecified atom stereocenters. The van der Waals surface area contributed by atoms with Crippen LogP contribution in [0.25, 0.3) is 0 Å². The Labute approximate surface area is 203 Å². The zero-order chi connectivity index (χ0) is 23.8. The molecule has 3 aromatic carbocycles. The van der Waals surface area contributed by atoms with E-state index in [2.05, 4.69) is 5.32 Å². The predicted molar refractivity (Wildman–Crippen MR) is 132 cm³/mol. The molecule has 34 heavy (non-hydrogen) atoms. The van der Waals surface area contributed by atoms with Gasteiger partial charge in [-0.05, 0) is 42.2 Å². The lowest BCUT2D eigenvalue weighted by Crippen LogP contribution is -2.38. The molecule has 0 aromatic heterocycles. The summed E-state index contributed by atoms with van der Waals surface area (Å²) in [5.41, 5.74) is 3.61. The van der Waals surface area contributed by atoms with Crippen molar-refractivity contribution >= 4 is 34.7 Å². The Kier molecular flexibility index (Phi) is 5.96. The maximum Gasteiger partial charge on any atom is 0.227 e. The molecule has 2 atom stereocenters. The quantitative estimate of drug-likeness (QED) is 0.454. The lowest BCUT2D eigenvalue weighted by molar-refractivity contribution is -0.119. The van der Waals surface area contributed by atoms with Gasteiger partial charge >= 0.3 is 0 Å². The molecule has 0 saturated carbocycles. The topological polar surface area (TPSA) is 49.4 Å². The number of hydrogen-bond donors (Lipinski definition) is 1. The smallest absolute Gasteiger partial charge is 0.227 e. The van der Waals surface area contributed by atoms with Gasteiger partial charge in [-0.1, -0.05) is 67.1 Å². The SMILES string of the molecule is CCC(=O)N1c2ccccc2NC2=C(C(=O)CC(c3ccccc3)C2)C1c1c(F)cccc1Cl. The molecule has 5 rings (SSSR count). The van der Waals surface area contributed by atoms with Gasteiger partial charge in [0.15, 0.2) is 5.78 Å². The lowest BCUT2D eigenvalue weighted by atomic mass is 9.78. The first-order valence-corrected chi connectivity index (χ1v) is 11.8. The molecule has 0 fully saturated rings. The largest absolute Gasteiger partial charge is 0.357 e. The van der Waals surface area contributed by atoms with Gasteiger partial charge in [0.05, 0.1) is 17.4 Å². The van der Waals surface area contributed by atoms with Gasteiger partial charge in [0.25, 0.3) is 0 Å². The number of halogens is 2. The fourth-order valence-corrected chi connectivity index (χ4v) is 5.31. The van der Waals surface area contributed by atoms with Crippen LogP contribution in [0, 0.1) is 5.82 Å². The minimum atomic E-state index is -0.962. The van der Waals surface area contributed by atoms with E-state index in [-0.39, 0.29) is 41.0 Å². The van der Waals surface area contributed by atoms with E-state index in [1.54, 1.807) is 13.0 Å². The van der Waals surface area contributed by atoms with Crippen molar-refractivity contribution in [2.75, 3.05) is 10.2 Å². The Balaban J connectivity index is 1.76. The van der Waals surface area contributed by atoms with Crippen molar-refractivity contribution in [3.05, 3.63) is 106 Å². The van der Waals surface area contributed by atoms with Crippen LogP contribution in [-0.2, 0) is 9.59 Å². The summed E-state index contributed by atoms with van der Waals surface area (Å²) >= 11 is 6.53. The molecule has 0 radical (unpaired) electrons. The summed E-state index contributed by atoms with van der Waals surface area (Å²) in [6.07, 6.45) is 1.04. The number of Topliss-reactive ketones (excluding diaryl/α,β-unsaturated/α-hetero) is 1. The molecule has 1 amide bonds. The van der Waals surface area contributed by atoms with Crippen molar-refractivity contribution in [1.82, 2.24) is 0 Å². The molecule has 172 valence electrons. The minimum absolute atomic E-state index is 0.0164. The second kappa shape index (κ2) is 9.07. The van der Waals surface area contributed by atoms with Crippen LogP contribution < -0.4 is 10.2 Å². The molecule has 1 aliphatic carbocycles. The van der Waals surface area contributed by atoms with E-state index in [1.807, 2.05) is 54.6 Å². The molecule has 0 bridgehead atoms. The van der Waals surface area contributed by atoms with Crippen LogP contribution in [0.4, 0.5) is 15.8 Å². The number of para-hydroxylation sites is 2. The minimum Gasteiger partial charge on any atom is -0.357 e. The van der Waals surface area contributed by atoms with Gasteiger partial charge in [0.2, 0.25) is 5.91 Å². The number of rotatable bonds is 3. The molecular weight excluding hydrogens is 451 g/mol. The Hall–Kier alpha value is -3.44. The maximum atomic E-state index is 15.3. The van der Waals surface area contributed by atoms with E-state index >= 15 is 4.39 Å². The molecular formula is C28H24ClFN2O2. The van der Waals surface area contributed by atoms with E-state index in [4.69, 9.17) is 11.6 Å². The number of nitrogens with one attached hydrogen (secondary N) is 1. The van der Waals surface area contributed by atoms with Gasteiger partial charge < -0.3 is 5.32 Å². The Bertz CT molecular complexity index is 1280. The van der Waals surface area contributed by atoms with Crippen molar-refractivity contribution in [1.29, 1.82) is 0 Å². The number of carbonyl (C=O) groups excluding carboxylic acids is 2. The van der Waals surface area contributed by atoms with Crippen LogP contribution in [0.1, 0.15) is 49.3 Å². The van der Waals surface area contributed by atoms with E-state index in [0.29, 0.717) is 29.1 Å². The van der Waals surface area contributed by atoms with Crippen LogP contribution in [-0.4, -0.2) is 11.7 Å². The summed E-state index contributed by atoms with van der Waals surface area (Å²) < 4.78 is 15.3. The summed E-state index contributed by atoms with van der Waals surface area (Å²) in [5.74, 6) is -0.896. The number of hydrogen-bond acceptors (Lipinski definition) is 3. The number of amides is 1. The average Bonchev–Trinajstić information content (AvgIpc) is 2.98. The van der Waals surface area contributed by atoms with E-state index in [0.717, 1.165) is 5.56 Å². The third-order valence-corrected chi connectivity index (χ3v) is 6.93. The molecule has 1 heterocycles. The standard InChI is InChI=1S/C28H24ClFN2O2/c1-2-25(34)32-23-14-7-6-13-21(23)31-22-15-18(17-9-4-3-5-10-17)16-24(33)27(22)28(32)26-19(29)11-8-12-20(26)30/h3-14,18,28,31H,2,15-16H2,1H3. The highest BCUT2D eigenvalue weighted by Gasteiger charge is 2.42. The van der Waals surface area contributed by atoms with Crippen molar-refractivity contribution in [3.63, 3.8) is 0 Å². The summed E-state index contributed by atoms with van der Waals surface area (Å²) in [6, 6.07) is 20.8. The van der Waals surface area contributed by atoms with E-state index in [1.165, 1.54) is 17.0 Å². The first-order valence-electron chi connectivity index (χ1n) is 11.4. The molecule has 1 aliphatic heterocycles. The highest BCUT2D eigenvalue weighted by Crippen LogP contribution is 2.49. The van der Waals surface area contributed by atoms with Crippen LogP contribution in [0.3, 0.4) is 0 Å². The average molecular weight is 475 g/mol. The highest BCUT2D eigenvalue weighted by atomic mass is 35.5. The molecule has 2 aliphatic rings. The van der Waals surface area contributed by atoms with Crippen LogP contribution in [0.15, 0.2) is 84.1 Å². The number of anilines is 2. The predicted octanol–water partition coefficient (Wildman–Crippen LogP) is 6.79. The van der Waals surface area contributed by atoms with Crippen LogP contribution >= 0.6 is 11.6 Å². The number of carbonyl (C=O) groups is 2. The monoisotopic (exact) mass is 474 g/mol. The summed E-state index contributed by atoms with van der Waals surface area (Å²) in [7, 11) is 0. The number of nitrogens with zero attached hydrogens (tertiary/aromatic N) is 1. The highest BCUT2D eigenvalue weighted by molar-refractivity contribution is 6.31. The van der Waals surface area contributed by atoms with Gasteiger partial charge in [0.1, 0.15) is 5.82 Å². The maximum absolute atomic E-state index is 15.3. The molecule has 4 nitrogen and oxygen atoms in total. The zero-order valence-electron chi connectivity index (χ0n) is 18.7. The molecule has 3 aromatic rings. The summed E-state index contributed by atoms with van der Waals surface area (Å²) in [6.45, 7) is 1.76. The zero-order valence-corrected chi connectivity index (χ0v) is 19.5. The molecule has 0 spiro atoms. The summed E-state index contributed by atoms with van der Waals surface area (Å²) in [5, 5.41) is 3.62. The number of fused-ring (bicyclic) bond motifs is 1. The second-order valence-electron chi connectivity index (χ2n) is 8.63. The van der Waals surface area contributed by atoms with Gasteiger partial charge in [0, 0.05) is 34.7 Å². The Morgan fingerprint density at radius 3 is 2.50 bits per heavy atom. The van der Waals surface area contributed by atoms with E-state index < -0.39 is 11.9 Å². The molecule has 1 N–H and O–H groups in total. The number of ketones is 1. The number of benzene rings is 3. The number of allylic oxidation sites excluding steroid dienone is 1. The normalized spacial score (nSPS) is 19.7. The van der Waals surface area contributed by atoms with Crippen molar-refractivity contribution in [2.24, 2.45) is 0 Å². The van der Waals surface area contributed by atoms with Crippen molar-refractivity contribution in [3.8, 4) is 0 Å². The van der Waals surface area contributed by atoms with Crippen molar-refractivity contribution in [2.45, 2.75) is 38.1 Å². The molecule has 6 heteroatoms. The first-order chi connectivity index (χ1) is 16.5. The van der Waals surface area contributed by atoms with Gasteiger partial charge in [-0.2, -0.15) is 0 Å². The fourth-order valence-electron chi connectivity index (χ4n) is 5.04. The first kappa shape index (κ1) is 22.4. The molecule has 0 saturated heterocycles. The summed E-state index contributed by atoms with van der Waals surface area (Å²) in [4.78, 5) is 28.7. The van der Waals surface area contributed by atoms with Crippen LogP contribution in [0.2, 0.25) is 5.02 Å².